The number of rotatable bonds is 3. The molecule has 194 valence electrons. The van der Waals surface area contributed by atoms with E-state index in [9.17, 15) is 10.5 Å². The van der Waals surface area contributed by atoms with Gasteiger partial charge >= 0.3 is 0 Å². The van der Waals surface area contributed by atoms with Gasteiger partial charge in [-0.2, -0.15) is 10.5 Å². The number of furan rings is 2. The molecule has 4 nitrogen and oxygen atoms in total. The molecule has 0 aliphatic rings. The zero-order valence-electron chi connectivity index (χ0n) is 22.3. The molecule has 0 unspecified atom stereocenters. The van der Waals surface area contributed by atoms with Crippen molar-refractivity contribution in [1.29, 1.82) is 10.5 Å². The Bertz CT molecular complexity index is 2450. The van der Waals surface area contributed by atoms with Gasteiger partial charge in [-0.25, -0.2) is 0 Å². The summed E-state index contributed by atoms with van der Waals surface area (Å²) in [6, 6.07) is 44.5. The van der Waals surface area contributed by atoms with Gasteiger partial charge in [0, 0.05) is 32.7 Å². The topological polar surface area (TPSA) is 73.9 Å². The Morgan fingerprint density at radius 3 is 1.76 bits per heavy atom. The number of hydrogen-bond acceptors (Lipinski definition) is 4. The van der Waals surface area contributed by atoms with E-state index in [0.717, 1.165) is 77.3 Å². The van der Waals surface area contributed by atoms with Crippen LogP contribution in [0.5, 0.6) is 0 Å². The first-order valence-electron chi connectivity index (χ1n) is 13.6. The number of nitriles is 2. The van der Waals surface area contributed by atoms with E-state index in [1.807, 2.05) is 78.9 Å². The summed E-state index contributed by atoms with van der Waals surface area (Å²) in [6.07, 6.45) is 0. The molecule has 2 aromatic heterocycles. The minimum Gasteiger partial charge on any atom is -0.456 e. The third kappa shape index (κ3) is 3.68. The van der Waals surface area contributed by atoms with Crippen LogP contribution in [0.1, 0.15) is 11.1 Å². The third-order valence-corrected chi connectivity index (χ3v) is 7.95. The molecule has 0 radical (unpaired) electrons. The summed E-state index contributed by atoms with van der Waals surface area (Å²) in [7, 11) is 0. The van der Waals surface area contributed by atoms with Gasteiger partial charge in [0.15, 0.2) is 0 Å². The molecule has 0 saturated heterocycles. The van der Waals surface area contributed by atoms with E-state index in [1.54, 1.807) is 6.07 Å². The second-order valence-corrected chi connectivity index (χ2v) is 10.4. The molecule has 0 N–H and O–H groups in total. The molecule has 0 aliphatic heterocycles. The molecule has 0 aliphatic carbocycles. The molecule has 2 heterocycles. The predicted octanol–water partition coefficient (Wildman–Crippen LogP) is 10.2. The molecule has 8 rings (SSSR count). The monoisotopic (exact) mass is 536 g/mol. The second kappa shape index (κ2) is 9.24. The summed E-state index contributed by atoms with van der Waals surface area (Å²) in [4.78, 5) is 0. The summed E-state index contributed by atoms with van der Waals surface area (Å²) in [6.45, 7) is 0. The van der Waals surface area contributed by atoms with Gasteiger partial charge in [-0.1, -0.05) is 60.7 Å². The van der Waals surface area contributed by atoms with Gasteiger partial charge in [0.1, 0.15) is 28.4 Å². The summed E-state index contributed by atoms with van der Waals surface area (Å²) >= 11 is 0. The highest BCUT2D eigenvalue weighted by Crippen LogP contribution is 2.40. The van der Waals surface area contributed by atoms with Gasteiger partial charge in [0.05, 0.1) is 17.2 Å². The van der Waals surface area contributed by atoms with Crippen LogP contribution in [0.4, 0.5) is 0 Å². The Hall–Kier alpha value is -6.10. The van der Waals surface area contributed by atoms with Gasteiger partial charge in [-0.15, -0.1) is 0 Å². The van der Waals surface area contributed by atoms with Gasteiger partial charge < -0.3 is 8.83 Å². The molecular weight excluding hydrogens is 516 g/mol. The van der Waals surface area contributed by atoms with Crippen LogP contribution in [0.2, 0.25) is 0 Å². The normalized spacial score (nSPS) is 11.3. The first-order valence-corrected chi connectivity index (χ1v) is 13.6. The molecule has 0 bridgehead atoms. The van der Waals surface area contributed by atoms with Crippen molar-refractivity contribution in [2.24, 2.45) is 0 Å². The maximum atomic E-state index is 10.5. The lowest BCUT2D eigenvalue weighted by atomic mass is 9.87. The minimum atomic E-state index is 0.540. The van der Waals surface area contributed by atoms with E-state index in [1.165, 1.54) is 0 Å². The van der Waals surface area contributed by atoms with Gasteiger partial charge in [-0.3, -0.25) is 0 Å². The summed E-state index contributed by atoms with van der Waals surface area (Å²) in [5.74, 6) is 0. The number of para-hydroxylation sites is 2. The Kier molecular flexibility index (Phi) is 5.22. The van der Waals surface area contributed by atoms with E-state index < -0.39 is 0 Å². The predicted molar refractivity (Wildman–Crippen MR) is 167 cm³/mol. The van der Waals surface area contributed by atoms with Crippen LogP contribution in [0.25, 0.3) is 77.3 Å². The molecule has 42 heavy (non-hydrogen) atoms. The van der Waals surface area contributed by atoms with Crippen LogP contribution < -0.4 is 0 Å². The van der Waals surface area contributed by atoms with Crippen molar-refractivity contribution in [3.8, 4) is 45.5 Å². The highest BCUT2D eigenvalue weighted by molar-refractivity contribution is 6.07. The van der Waals surface area contributed by atoms with Crippen molar-refractivity contribution in [3.05, 3.63) is 132 Å². The quantitative estimate of drug-likeness (QED) is 0.225. The van der Waals surface area contributed by atoms with Crippen molar-refractivity contribution < 1.29 is 8.83 Å². The zero-order valence-corrected chi connectivity index (χ0v) is 22.3. The van der Waals surface area contributed by atoms with Crippen molar-refractivity contribution in [3.63, 3.8) is 0 Å². The van der Waals surface area contributed by atoms with E-state index in [4.69, 9.17) is 8.83 Å². The Morgan fingerprint density at radius 2 is 1.02 bits per heavy atom. The molecule has 0 fully saturated rings. The van der Waals surface area contributed by atoms with Crippen LogP contribution in [0.15, 0.2) is 130 Å². The van der Waals surface area contributed by atoms with Gasteiger partial charge in [-0.05, 0) is 82.9 Å². The summed E-state index contributed by atoms with van der Waals surface area (Å²) in [5.41, 5.74) is 9.58. The molecule has 8 aromatic rings. The smallest absolute Gasteiger partial charge is 0.136 e. The van der Waals surface area contributed by atoms with E-state index in [2.05, 4.69) is 48.5 Å². The average molecular weight is 537 g/mol. The van der Waals surface area contributed by atoms with Crippen LogP contribution in [0.3, 0.4) is 0 Å². The lowest BCUT2D eigenvalue weighted by molar-refractivity contribution is 0.668. The molecule has 0 atom stereocenters. The highest BCUT2D eigenvalue weighted by atomic mass is 16.3. The number of benzene rings is 6. The van der Waals surface area contributed by atoms with E-state index in [0.29, 0.717) is 11.1 Å². The molecule has 4 heteroatoms. The number of fused-ring (bicyclic) bond motifs is 6. The summed E-state index contributed by atoms with van der Waals surface area (Å²) < 4.78 is 12.3. The molecule has 6 aromatic carbocycles. The van der Waals surface area contributed by atoms with Crippen molar-refractivity contribution in [2.45, 2.75) is 0 Å². The first-order chi connectivity index (χ1) is 20.7. The lowest BCUT2D eigenvalue weighted by Crippen LogP contribution is -1.93. The van der Waals surface area contributed by atoms with Crippen molar-refractivity contribution >= 4 is 43.9 Å². The van der Waals surface area contributed by atoms with Crippen molar-refractivity contribution in [1.82, 2.24) is 0 Å². The number of hydrogen-bond donors (Lipinski definition) is 0. The zero-order chi connectivity index (χ0) is 28.2. The van der Waals surface area contributed by atoms with Crippen LogP contribution in [-0.2, 0) is 0 Å². The fourth-order valence-electron chi connectivity index (χ4n) is 5.94. The van der Waals surface area contributed by atoms with Crippen molar-refractivity contribution in [2.75, 3.05) is 0 Å². The summed E-state index contributed by atoms with van der Waals surface area (Å²) in [5, 5.41) is 24.3. The van der Waals surface area contributed by atoms with Crippen LogP contribution in [0, 0.1) is 22.7 Å². The number of nitrogens with zero attached hydrogens (tertiary/aromatic N) is 2. The minimum absolute atomic E-state index is 0.540. The van der Waals surface area contributed by atoms with E-state index in [-0.39, 0.29) is 0 Å². The SMILES string of the molecule is N#Cc1cccc(-c2cc(-c3ccc4c(c3)oc3ccccc34)cc(-c3ccc4oc5ccccc5c4c3)c2C#N)c1. The molecule has 0 amide bonds. The largest absolute Gasteiger partial charge is 0.456 e. The Labute approximate surface area is 240 Å². The molecular formula is C38H20N2O2. The maximum Gasteiger partial charge on any atom is 0.136 e. The van der Waals surface area contributed by atoms with Crippen LogP contribution in [-0.4, -0.2) is 0 Å². The fraction of sp³-hybridized carbons (Fsp3) is 0. The first kappa shape index (κ1) is 23.8. The van der Waals surface area contributed by atoms with Gasteiger partial charge in [0.2, 0.25) is 0 Å². The highest BCUT2D eigenvalue weighted by Gasteiger charge is 2.18. The Morgan fingerprint density at radius 1 is 0.405 bits per heavy atom. The van der Waals surface area contributed by atoms with Crippen LogP contribution >= 0.6 is 0 Å². The molecule has 0 spiro atoms. The maximum absolute atomic E-state index is 10.5. The van der Waals surface area contributed by atoms with Gasteiger partial charge in [0.25, 0.3) is 0 Å². The second-order valence-electron chi connectivity index (χ2n) is 10.4. The molecule has 0 saturated carbocycles. The fourth-order valence-corrected chi connectivity index (χ4v) is 5.94. The third-order valence-electron chi connectivity index (χ3n) is 7.95. The van der Waals surface area contributed by atoms with E-state index >= 15 is 0 Å². The average Bonchev–Trinajstić information content (AvgIpc) is 3.61. The lowest BCUT2D eigenvalue weighted by Gasteiger charge is -2.15. The Balaban J connectivity index is 1.40. The standard InChI is InChI=1S/C38H20N2O2/c39-21-23-6-5-7-25(16-23)31-18-27(24-12-14-30-28-8-1-3-10-35(28)42-38(30)20-24)19-32(34(31)22-40)26-13-15-37-33(17-26)29-9-2-4-11-36(29)41-37/h1-20H.